The molecular formula is C16H26N2O4S. The second-order valence-electron chi connectivity index (χ2n) is 6.40. The van der Waals surface area contributed by atoms with Crippen molar-refractivity contribution in [2.75, 3.05) is 0 Å². The standard InChI is InChI=1S/C16H26N2O4S/c1-8(2)13(9(3)4)15(17)22-16(23)14(10(5)19)18-11(20)6-7-12(18)21/h6-9,13-15,20-21H,17H2,1-5H3. The van der Waals surface area contributed by atoms with Crippen molar-refractivity contribution in [2.45, 2.75) is 46.9 Å². The summed E-state index contributed by atoms with van der Waals surface area (Å²) in [7, 11) is 0. The Kier molecular flexibility index (Phi) is 6.58. The minimum absolute atomic E-state index is 0.0485. The summed E-state index contributed by atoms with van der Waals surface area (Å²) in [6, 6.07) is 1.45. The fourth-order valence-electron chi connectivity index (χ4n) is 2.95. The Bertz CT molecular complexity index is 541. The van der Waals surface area contributed by atoms with E-state index in [0.717, 1.165) is 4.57 Å². The maximum atomic E-state index is 12.0. The molecule has 7 heteroatoms. The number of hydrogen-bond acceptors (Lipinski definition) is 6. The average molecular weight is 342 g/mol. The van der Waals surface area contributed by atoms with Crippen LogP contribution in [0, 0.1) is 17.8 Å². The first-order chi connectivity index (χ1) is 10.6. The molecule has 1 heterocycles. The van der Waals surface area contributed by atoms with Gasteiger partial charge in [-0.15, -0.1) is 0 Å². The molecule has 0 aliphatic rings. The summed E-state index contributed by atoms with van der Waals surface area (Å²) in [6.45, 7) is 9.49. The van der Waals surface area contributed by atoms with Gasteiger partial charge in [0.05, 0.1) is 0 Å². The van der Waals surface area contributed by atoms with E-state index >= 15 is 0 Å². The quantitative estimate of drug-likeness (QED) is 0.520. The van der Waals surface area contributed by atoms with Crippen LogP contribution in [-0.4, -0.2) is 31.8 Å². The third-order valence-electron chi connectivity index (χ3n) is 3.91. The predicted octanol–water partition coefficient (Wildman–Crippen LogP) is 2.59. The molecule has 4 N–H and O–H groups in total. The van der Waals surface area contributed by atoms with Crippen molar-refractivity contribution in [3.63, 3.8) is 0 Å². The van der Waals surface area contributed by atoms with Crippen molar-refractivity contribution in [1.82, 2.24) is 4.57 Å². The molecule has 0 fully saturated rings. The number of Topliss-reactive ketones (excluding diaryl/α,β-unsaturated/α-hetero) is 1. The van der Waals surface area contributed by atoms with Gasteiger partial charge in [-0.2, -0.15) is 0 Å². The number of aromatic hydroxyl groups is 2. The molecule has 1 aromatic heterocycles. The van der Waals surface area contributed by atoms with Gasteiger partial charge >= 0.3 is 0 Å². The van der Waals surface area contributed by atoms with Crippen LogP contribution in [0.25, 0.3) is 0 Å². The van der Waals surface area contributed by atoms with E-state index in [2.05, 4.69) is 0 Å². The number of aromatic nitrogens is 1. The third kappa shape index (κ3) is 4.45. The molecule has 0 aliphatic heterocycles. The number of nitrogens with zero attached hydrogens (tertiary/aromatic N) is 1. The molecule has 0 radical (unpaired) electrons. The van der Waals surface area contributed by atoms with Crippen LogP contribution >= 0.6 is 12.2 Å². The van der Waals surface area contributed by atoms with E-state index in [9.17, 15) is 15.0 Å². The number of ketones is 1. The molecule has 1 aromatic rings. The summed E-state index contributed by atoms with van der Waals surface area (Å²) in [5, 5.41) is 19.6. The summed E-state index contributed by atoms with van der Waals surface area (Å²) in [4.78, 5) is 12.0. The van der Waals surface area contributed by atoms with E-state index in [1.54, 1.807) is 0 Å². The smallest absolute Gasteiger partial charge is 0.194 e. The molecule has 6 nitrogen and oxygen atoms in total. The summed E-state index contributed by atoms with van der Waals surface area (Å²) in [5.74, 6) is -0.311. The number of thiocarbonyl (C=S) groups is 1. The lowest BCUT2D eigenvalue weighted by Crippen LogP contribution is -2.42. The monoisotopic (exact) mass is 342 g/mol. The topological polar surface area (TPSA) is 97.7 Å². The molecule has 0 aliphatic carbocycles. The van der Waals surface area contributed by atoms with Gasteiger partial charge in [0.2, 0.25) is 0 Å². The maximum absolute atomic E-state index is 12.0. The molecular weight excluding hydrogens is 316 g/mol. The number of rotatable bonds is 7. The van der Waals surface area contributed by atoms with Gasteiger partial charge in [0.1, 0.15) is 0 Å². The van der Waals surface area contributed by atoms with Gasteiger partial charge in [0.15, 0.2) is 34.9 Å². The molecule has 0 bridgehead atoms. The predicted molar refractivity (Wildman–Crippen MR) is 92.3 cm³/mol. The van der Waals surface area contributed by atoms with Crippen molar-refractivity contribution < 1.29 is 19.7 Å². The van der Waals surface area contributed by atoms with Gasteiger partial charge in [-0.3, -0.25) is 15.1 Å². The first kappa shape index (κ1) is 19.4. The molecule has 0 saturated carbocycles. The van der Waals surface area contributed by atoms with E-state index in [4.69, 9.17) is 22.7 Å². The van der Waals surface area contributed by atoms with Crippen LogP contribution in [0.4, 0.5) is 0 Å². The number of hydrogen-bond donors (Lipinski definition) is 3. The molecule has 130 valence electrons. The largest absolute Gasteiger partial charge is 0.494 e. The average Bonchev–Trinajstić information content (AvgIpc) is 2.69. The van der Waals surface area contributed by atoms with Gasteiger partial charge in [-0.1, -0.05) is 27.7 Å². The minimum atomic E-state index is -1.11. The van der Waals surface area contributed by atoms with E-state index in [0.29, 0.717) is 0 Å². The van der Waals surface area contributed by atoms with Gasteiger partial charge in [0.25, 0.3) is 0 Å². The van der Waals surface area contributed by atoms with Crippen molar-refractivity contribution in [3.05, 3.63) is 12.1 Å². The van der Waals surface area contributed by atoms with Gasteiger partial charge < -0.3 is 14.9 Å². The Balaban J connectivity index is 3.03. The molecule has 2 atom stereocenters. The second-order valence-corrected chi connectivity index (χ2v) is 6.80. The fourth-order valence-corrected chi connectivity index (χ4v) is 3.33. The van der Waals surface area contributed by atoms with Gasteiger partial charge in [-0.05, 0) is 31.0 Å². The highest BCUT2D eigenvalue weighted by atomic mass is 32.1. The first-order valence-corrected chi connectivity index (χ1v) is 8.04. The number of ether oxygens (including phenoxy) is 1. The van der Waals surface area contributed by atoms with Crippen LogP contribution in [0.5, 0.6) is 11.8 Å². The van der Waals surface area contributed by atoms with Crippen LogP contribution in [0.1, 0.15) is 40.7 Å². The van der Waals surface area contributed by atoms with Crippen LogP contribution in [0.15, 0.2) is 12.1 Å². The van der Waals surface area contributed by atoms with Crippen LogP contribution in [0.2, 0.25) is 0 Å². The molecule has 0 aromatic carbocycles. The lowest BCUT2D eigenvalue weighted by molar-refractivity contribution is -0.119. The lowest BCUT2D eigenvalue weighted by Gasteiger charge is -2.32. The van der Waals surface area contributed by atoms with E-state index in [1.807, 2.05) is 27.7 Å². The number of nitrogens with two attached hydrogens (primary N) is 1. The molecule has 0 saturated heterocycles. The lowest BCUT2D eigenvalue weighted by atomic mass is 9.84. The van der Waals surface area contributed by atoms with Crippen molar-refractivity contribution in [1.29, 1.82) is 0 Å². The normalized spacial score (nSPS) is 14.3. The third-order valence-corrected chi connectivity index (χ3v) is 4.23. The summed E-state index contributed by atoms with van der Waals surface area (Å²) in [5.41, 5.74) is 6.13. The summed E-state index contributed by atoms with van der Waals surface area (Å²) < 4.78 is 6.66. The zero-order valence-corrected chi connectivity index (χ0v) is 15.0. The van der Waals surface area contributed by atoms with E-state index in [-0.39, 0.29) is 40.3 Å². The molecule has 0 spiro atoms. The highest BCUT2D eigenvalue weighted by Crippen LogP contribution is 2.30. The SMILES string of the molecule is CC(=O)C(C(=S)OC(N)C(C(C)C)C(C)C)n1c(O)ccc1O. The van der Waals surface area contributed by atoms with Crippen molar-refractivity contribution in [2.24, 2.45) is 23.5 Å². The zero-order valence-electron chi connectivity index (χ0n) is 14.2. The fraction of sp³-hybridized carbons (Fsp3) is 0.625. The Morgan fingerprint density at radius 2 is 1.61 bits per heavy atom. The molecule has 0 amide bonds. The van der Waals surface area contributed by atoms with Crippen molar-refractivity contribution >= 4 is 23.1 Å². The Morgan fingerprint density at radius 1 is 1.17 bits per heavy atom. The zero-order chi connectivity index (χ0) is 17.9. The molecule has 23 heavy (non-hydrogen) atoms. The van der Waals surface area contributed by atoms with Crippen LogP contribution in [0.3, 0.4) is 0 Å². The highest BCUT2D eigenvalue weighted by molar-refractivity contribution is 7.80. The molecule has 1 rings (SSSR count). The van der Waals surface area contributed by atoms with Gasteiger partial charge in [0, 0.05) is 18.1 Å². The minimum Gasteiger partial charge on any atom is -0.494 e. The number of carbonyl (C=O) groups excluding carboxylic acids is 1. The Labute approximate surface area is 142 Å². The summed E-state index contributed by atoms with van der Waals surface area (Å²) in [6.07, 6.45) is -0.677. The Morgan fingerprint density at radius 3 is 1.96 bits per heavy atom. The van der Waals surface area contributed by atoms with Crippen LogP contribution in [-0.2, 0) is 9.53 Å². The van der Waals surface area contributed by atoms with Gasteiger partial charge in [-0.25, -0.2) is 0 Å². The van der Waals surface area contributed by atoms with E-state index < -0.39 is 12.3 Å². The van der Waals surface area contributed by atoms with E-state index in [1.165, 1.54) is 19.1 Å². The number of carbonyl (C=O) groups is 1. The molecule has 2 unspecified atom stereocenters. The maximum Gasteiger partial charge on any atom is 0.194 e. The van der Waals surface area contributed by atoms with Crippen molar-refractivity contribution in [3.8, 4) is 11.8 Å². The highest BCUT2D eigenvalue weighted by Gasteiger charge is 2.32. The summed E-state index contributed by atoms with van der Waals surface area (Å²) >= 11 is 5.22. The Hall–Kier alpha value is -1.60. The second kappa shape index (κ2) is 7.79. The van der Waals surface area contributed by atoms with Crippen LogP contribution < -0.4 is 5.73 Å². The first-order valence-electron chi connectivity index (χ1n) is 7.63.